The van der Waals surface area contributed by atoms with E-state index in [2.05, 4.69) is 163 Å². The molecule has 0 radical (unpaired) electrons. The van der Waals surface area contributed by atoms with Crippen molar-refractivity contribution in [3.63, 3.8) is 0 Å². The van der Waals surface area contributed by atoms with Crippen LogP contribution in [-0.2, 0) is 0 Å². The first-order valence-electron chi connectivity index (χ1n) is 18.6. The summed E-state index contributed by atoms with van der Waals surface area (Å²) in [5.41, 5.74) is 13.2. The van der Waals surface area contributed by atoms with Gasteiger partial charge in [0.2, 0.25) is 0 Å². The van der Waals surface area contributed by atoms with E-state index in [9.17, 15) is 0 Å². The van der Waals surface area contributed by atoms with E-state index in [1.807, 2.05) is 0 Å². The van der Waals surface area contributed by atoms with Crippen molar-refractivity contribution in [1.29, 1.82) is 0 Å². The molecular formula is C52H38. The van der Waals surface area contributed by atoms with E-state index >= 15 is 0 Å². The molecule has 0 bridgehead atoms. The summed E-state index contributed by atoms with van der Waals surface area (Å²) in [6.07, 6.45) is 0. The van der Waals surface area contributed by atoms with E-state index in [1.165, 1.54) is 142 Å². The van der Waals surface area contributed by atoms with Crippen LogP contribution in [0.4, 0.5) is 0 Å². The molecule has 0 saturated heterocycles. The number of fused-ring (bicyclic) bond motifs is 11. The molecule has 246 valence electrons. The maximum Gasteiger partial charge on any atom is -0.00195 e. The fourth-order valence-electron chi connectivity index (χ4n) is 9.66. The van der Waals surface area contributed by atoms with E-state index in [0.717, 1.165) is 0 Å². The number of benzene rings is 9. The summed E-state index contributed by atoms with van der Waals surface area (Å²) in [4.78, 5) is 0. The van der Waals surface area contributed by atoms with Crippen molar-refractivity contribution in [2.75, 3.05) is 0 Å². The highest BCUT2D eigenvalue weighted by molar-refractivity contribution is 6.40. The largest absolute Gasteiger partial charge is 0.0614 e. The van der Waals surface area contributed by atoms with E-state index in [-0.39, 0.29) is 0 Å². The van der Waals surface area contributed by atoms with Crippen molar-refractivity contribution < 1.29 is 0 Å². The van der Waals surface area contributed by atoms with Gasteiger partial charge in [-0.1, -0.05) is 96.1 Å². The third kappa shape index (κ3) is 3.87. The van der Waals surface area contributed by atoms with Gasteiger partial charge in [-0.15, -0.1) is 0 Å². The second-order valence-electron chi connectivity index (χ2n) is 15.6. The Kier molecular flexibility index (Phi) is 5.89. The van der Waals surface area contributed by atoms with Crippen LogP contribution < -0.4 is 0 Å². The minimum Gasteiger partial charge on any atom is -0.0614 e. The van der Waals surface area contributed by atoms with Crippen molar-refractivity contribution in [3.05, 3.63) is 155 Å². The summed E-state index contributed by atoms with van der Waals surface area (Å²) >= 11 is 0. The van der Waals surface area contributed by atoms with Crippen LogP contribution in [0.15, 0.2) is 121 Å². The predicted molar refractivity (Wildman–Crippen MR) is 228 cm³/mol. The van der Waals surface area contributed by atoms with Gasteiger partial charge >= 0.3 is 0 Å². The zero-order chi connectivity index (χ0) is 35.2. The molecule has 0 atom stereocenters. The lowest BCUT2D eigenvalue weighted by molar-refractivity contribution is 1.34. The normalized spacial score (nSPS) is 12.4. The maximum absolute atomic E-state index is 2.52. The van der Waals surface area contributed by atoms with Gasteiger partial charge in [-0.3, -0.25) is 0 Å². The molecule has 11 aromatic rings. The third-order valence-corrected chi connectivity index (χ3v) is 12.6. The first-order chi connectivity index (χ1) is 25.2. The Bertz CT molecular complexity index is 3110. The van der Waals surface area contributed by atoms with Crippen molar-refractivity contribution >= 4 is 86.2 Å². The summed E-state index contributed by atoms with van der Waals surface area (Å²) < 4.78 is 0. The van der Waals surface area contributed by atoms with Gasteiger partial charge in [-0.05, 0) is 209 Å². The molecule has 0 heteroatoms. The van der Waals surface area contributed by atoms with E-state index in [4.69, 9.17) is 0 Å². The molecule has 0 aliphatic carbocycles. The van der Waals surface area contributed by atoms with Crippen LogP contribution in [0.5, 0.6) is 0 Å². The van der Waals surface area contributed by atoms with Crippen molar-refractivity contribution in [3.8, 4) is 22.3 Å². The zero-order valence-electron chi connectivity index (χ0n) is 30.5. The van der Waals surface area contributed by atoms with Gasteiger partial charge in [0, 0.05) is 0 Å². The lowest BCUT2D eigenvalue weighted by Crippen LogP contribution is -1.89. The van der Waals surface area contributed by atoms with Crippen LogP contribution in [0.1, 0.15) is 33.4 Å². The Morgan fingerprint density at radius 3 is 1.00 bits per heavy atom. The smallest absolute Gasteiger partial charge is 0.00195 e. The van der Waals surface area contributed by atoms with Crippen LogP contribution in [0, 0.1) is 41.5 Å². The molecule has 0 saturated carbocycles. The highest BCUT2D eigenvalue weighted by Crippen LogP contribution is 2.49. The first-order valence-corrected chi connectivity index (χ1v) is 18.6. The van der Waals surface area contributed by atoms with E-state index < -0.39 is 0 Å². The standard InChI is InChI=1S/C52H38/c1-27-13-15-37-41(19-27)47-23-33(35-11-7-9-29(3)31(35)5)21-45-39-17-18-40-44(43(39)25-49(37)51(45)47)26-50-38-16-14-28(2)20-42(38)48-24-34(22-46(40)52(48)50)36-12-8-10-30(4)32(36)6/h7-26H,1-6H3. The van der Waals surface area contributed by atoms with Gasteiger partial charge in [-0.25, -0.2) is 0 Å². The molecular weight excluding hydrogens is 625 g/mol. The molecule has 0 heterocycles. The average Bonchev–Trinajstić information content (AvgIpc) is 3.62. The highest BCUT2D eigenvalue weighted by Gasteiger charge is 2.21. The molecule has 0 aromatic heterocycles. The molecule has 11 aromatic carbocycles. The van der Waals surface area contributed by atoms with Gasteiger partial charge in [0.05, 0.1) is 0 Å². The van der Waals surface area contributed by atoms with Gasteiger partial charge < -0.3 is 0 Å². The minimum absolute atomic E-state index is 1.29. The number of rotatable bonds is 2. The molecule has 0 unspecified atom stereocenters. The Hall–Kier alpha value is -5.98. The van der Waals surface area contributed by atoms with Gasteiger partial charge in [0.15, 0.2) is 0 Å². The molecule has 0 nitrogen and oxygen atoms in total. The SMILES string of the molecule is Cc1ccc2c(c1)c1cc(-c3cccc(C)c3C)cc3c4ccc5c(cc6c7ccc(C)cc7c7cc(-c8cccc(C)c8C)cc5c76)c4cc2c31. The van der Waals surface area contributed by atoms with Gasteiger partial charge in [-0.2, -0.15) is 0 Å². The molecule has 0 amide bonds. The molecule has 0 aliphatic rings. The summed E-state index contributed by atoms with van der Waals surface area (Å²) in [6.45, 7) is 13.4. The molecule has 52 heavy (non-hydrogen) atoms. The summed E-state index contributed by atoms with van der Waals surface area (Å²) in [5, 5.41) is 21.5. The molecule has 0 aliphatic heterocycles. The fourth-order valence-corrected chi connectivity index (χ4v) is 9.66. The highest BCUT2D eigenvalue weighted by atomic mass is 14.2. The van der Waals surface area contributed by atoms with E-state index in [1.54, 1.807) is 0 Å². The minimum atomic E-state index is 1.29. The molecule has 0 spiro atoms. The van der Waals surface area contributed by atoms with Crippen molar-refractivity contribution in [2.45, 2.75) is 41.5 Å². The monoisotopic (exact) mass is 662 g/mol. The quantitative estimate of drug-likeness (QED) is 0.162. The first kappa shape index (κ1) is 29.7. The topological polar surface area (TPSA) is 0 Å². The van der Waals surface area contributed by atoms with Gasteiger partial charge in [0.1, 0.15) is 0 Å². The Morgan fingerprint density at radius 1 is 0.269 bits per heavy atom. The van der Waals surface area contributed by atoms with Crippen LogP contribution >= 0.6 is 0 Å². The number of hydrogen-bond acceptors (Lipinski definition) is 0. The number of hydrogen-bond donors (Lipinski definition) is 0. The maximum atomic E-state index is 2.52. The summed E-state index contributed by atoms with van der Waals surface area (Å²) in [7, 11) is 0. The summed E-state index contributed by atoms with van der Waals surface area (Å²) in [5.74, 6) is 0. The van der Waals surface area contributed by atoms with E-state index in [0.29, 0.717) is 0 Å². The van der Waals surface area contributed by atoms with Crippen LogP contribution in [0.2, 0.25) is 0 Å². The van der Waals surface area contributed by atoms with Crippen molar-refractivity contribution in [2.24, 2.45) is 0 Å². The Morgan fingerprint density at radius 2 is 0.596 bits per heavy atom. The second-order valence-corrected chi connectivity index (χ2v) is 15.6. The van der Waals surface area contributed by atoms with Crippen LogP contribution in [0.25, 0.3) is 108 Å². The third-order valence-electron chi connectivity index (χ3n) is 12.6. The van der Waals surface area contributed by atoms with Crippen LogP contribution in [-0.4, -0.2) is 0 Å². The van der Waals surface area contributed by atoms with Gasteiger partial charge in [0.25, 0.3) is 0 Å². The lowest BCUT2D eigenvalue weighted by atomic mass is 9.88. The number of aryl methyl sites for hydroxylation is 4. The molecule has 0 N–H and O–H groups in total. The van der Waals surface area contributed by atoms with Crippen LogP contribution in [0.3, 0.4) is 0 Å². The van der Waals surface area contributed by atoms with Crippen molar-refractivity contribution in [1.82, 2.24) is 0 Å². The lowest BCUT2D eigenvalue weighted by Gasteiger charge is -2.15. The fraction of sp³-hybridized carbons (Fsp3) is 0.115. The zero-order valence-corrected chi connectivity index (χ0v) is 30.5. The Labute approximate surface area is 303 Å². The second kappa shape index (κ2) is 10.3. The Balaban J connectivity index is 1.35. The summed E-state index contributed by atoms with van der Waals surface area (Å²) in [6, 6.07) is 47.2. The predicted octanol–water partition coefficient (Wildman–Crippen LogP) is 15.0. The average molecular weight is 663 g/mol. The molecule has 11 rings (SSSR count). The molecule has 0 fully saturated rings.